The lowest BCUT2D eigenvalue weighted by molar-refractivity contribution is 0.0224. The van der Waals surface area contributed by atoms with E-state index in [-0.39, 0.29) is 12.1 Å². The molecule has 5 nitrogen and oxygen atoms in total. The summed E-state index contributed by atoms with van der Waals surface area (Å²) in [6.07, 6.45) is 4.65. The van der Waals surface area contributed by atoms with E-state index < -0.39 is 5.60 Å². The molecule has 0 spiro atoms. The van der Waals surface area contributed by atoms with Gasteiger partial charge in [0.1, 0.15) is 11.4 Å². The first kappa shape index (κ1) is 17.6. The summed E-state index contributed by atoms with van der Waals surface area (Å²) in [5, 5.41) is 3.36. The average Bonchev–Trinajstić information content (AvgIpc) is 2.95. The van der Waals surface area contributed by atoms with Crippen molar-refractivity contribution in [3.63, 3.8) is 0 Å². The minimum atomic E-state index is -0.466. The number of anilines is 1. The number of aromatic nitrogens is 1. The molecule has 2 rings (SSSR count). The number of ether oxygens (including phenoxy) is 1. The van der Waals surface area contributed by atoms with E-state index in [1.54, 1.807) is 0 Å². The highest BCUT2D eigenvalue weighted by Gasteiger charge is 2.33. The molecule has 1 aliphatic rings. The van der Waals surface area contributed by atoms with Crippen LogP contribution in [0.2, 0.25) is 0 Å². The lowest BCUT2D eigenvalue weighted by Gasteiger charge is -2.28. The Hall–Kier alpha value is -1.78. The normalized spacial score (nSPS) is 19.5. The van der Waals surface area contributed by atoms with Crippen molar-refractivity contribution in [1.29, 1.82) is 0 Å². The van der Waals surface area contributed by atoms with E-state index in [1.807, 2.05) is 37.9 Å². The van der Waals surface area contributed by atoms with E-state index in [0.29, 0.717) is 6.04 Å². The lowest BCUT2D eigenvalue weighted by atomic mass is 10.1. The van der Waals surface area contributed by atoms with Crippen molar-refractivity contribution in [3.8, 4) is 0 Å². The molecule has 0 bridgehead atoms. The first-order valence-corrected chi connectivity index (χ1v) is 8.52. The highest BCUT2D eigenvalue weighted by atomic mass is 16.6. The van der Waals surface area contributed by atoms with Gasteiger partial charge in [0.05, 0.1) is 6.04 Å². The molecule has 2 unspecified atom stereocenters. The maximum Gasteiger partial charge on any atom is 0.410 e. The predicted octanol–water partition coefficient (Wildman–Crippen LogP) is 4.36. The largest absolute Gasteiger partial charge is 0.444 e. The van der Waals surface area contributed by atoms with Gasteiger partial charge in [-0.15, -0.1) is 0 Å². The second-order valence-electron chi connectivity index (χ2n) is 7.26. The third-order valence-electron chi connectivity index (χ3n) is 4.06. The van der Waals surface area contributed by atoms with Crippen LogP contribution in [0.5, 0.6) is 0 Å². The summed E-state index contributed by atoms with van der Waals surface area (Å²) >= 11 is 0. The molecule has 128 valence electrons. The summed E-state index contributed by atoms with van der Waals surface area (Å²) in [5.41, 5.74) is 0.607. The van der Waals surface area contributed by atoms with Gasteiger partial charge < -0.3 is 15.0 Å². The highest BCUT2D eigenvalue weighted by Crippen LogP contribution is 2.33. The Morgan fingerprint density at radius 2 is 2.22 bits per heavy atom. The zero-order valence-corrected chi connectivity index (χ0v) is 14.9. The summed E-state index contributed by atoms with van der Waals surface area (Å²) in [7, 11) is 0. The van der Waals surface area contributed by atoms with Gasteiger partial charge >= 0.3 is 6.09 Å². The molecule has 0 aromatic carbocycles. The summed E-state index contributed by atoms with van der Waals surface area (Å²) in [4.78, 5) is 18.7. The Labute approximate surface area is 139 Å². The van der Waals surface area contributed by atoms with Crippen LogP contribution in [0.4, 0.5) is 10.6 Å². The zero-order chi connectivity index (χ0) is 17.0. The van der Waals surface area contributed by atoms with E-state index in [9.17, 15) is 4.79 Å². The number of pyridine rings is 1. The molecule has 1 saturated heterocycles. The van der Waals surface area contributed by atoms with Crippen molar-refractivity contribution in [2.24, 2.45) is 0 Å². The topological polar surface area (TPSA) is 54.5 Å². The molecule has 2 atom stereocenters. The average molecular weight is 319 g/mol. The molecule has 0 radical (unpaired) electrons. The van der Waals surface area contributed by atoms with Crippen LogP contribution >= 0.6 is 0 Å². The molecular formula is C18H29N3O2. The number of likely N-dealkylation sites (tertiary alicyclic amines) is 1. The Morgan fingerprint density at radius 3 is 2.78 bits per heavy atom. The van der Waals surface area contributed by atoms with Gasteiger partial charge in [0.15, 0.2) is 0 Å². The standard InChI is InChI=1S/C18H29N3O2/c1-6-13(2)20-16-10-9-14(12-19-16)15-8-7-11-21(15)17(22)23-18(3,4)5/h9-10,12-13,15H,6-8,11H2,1-5H3,(H,19,20). The van der Waals surface area contributed by atoms with Crippen LogP contribution in [0.1, 0.15) is 65.5 Å². The van der Waals surface area contributed by atoms with Gasteiger partial charge in [0.25, 0.3) is 0 Å². The number of hydrogen-bond acceptors (Lipinski definition) is 4. The third kappa shape index (κ3) is 4.85. The number of nitrogens with one attached hydrogen (secondary N) is 1. The molecule has 1 fully saturated rings. The van der Waals surface area contributed by atoms with Gasteiger partial charge in [-0.1, -0.05) is 13.0 Å². The molecule has 1 N–H and O–H groups in total. The molecule has 1 aromatic rings. The van der Waals surface area contributed by atoms with E-state index in [0.717, 1.165) is 37.2 Å². The monoisotopic (exact) mass is 319 g/mol. The Morgan fingerprint density at radius 1 is 1.48 bits per heavy atom. The summed E-state index contributed by atoms with van der Waals surface area (Å²) in [6, 6.07) is 4.52. The van der Waals surface area contributed by atoms with Gasteiger partial charge in [-0.3, -0.25) is 0 Å². The van der Waals surface area contributed by atoms with Crippen LogP contribution in [-0.4, -0.2) is 34.2 Å². The van der Waals surface area contributed by atoms with Crippen molar-refractivity contribution in [1.82, 2.24) is 9.88 Å². The first-order valence-electron chi connectivity index (χ1n) is 8.52. The zero-order valence-electron chi connectivity index (χ0n) is 14.9. The molecule has 5 heteroatoms. The second-order valence-corrected chi connectivity index (χ2v) is 7.26. The van der Waals surface area contributed by atoms with Gasteiger partial charge in [0.2, 0.25) is 0 Å². The van der Waals surface area contributed by atoms with E-state index in [4.69, 9.17) is 4.74 Å². The van der Waals surface area contributed by atoms with Crippen LogP contribution in [0.3, 0.4) is 0 Å². The molecule has 1 aliphatic heterocycles. The number of amides is 1. The molecule has 23 heavy (non-hydrogen) atoms. The number of rotatable bonds is 4. The molecule has 1 aromatic heterocycles. The number of hydrogen-bond donors (Lipinski definition) is 1. The molecule has 1 amide bonds. The fraction of sp³-hybridized carbons (Fsp3) is 0.667. The van der Waals surface area contributed by atoms with Crippen LogP contribution < -0.4 is 5.32 Å². The smallest absolute Gasteiger partial charge is 0.410 e. The van der Waals surface area contributed by atoms with Crippen molar-refractivity contribution < 1.29 is 9.53 Å². The Balaban J connectivity index is 2.06. The van der Waals surface area contributed by atoms with Crippen molar-refractivity contribution >= 4 is 11.9 Å². The van der Waals surface area contributed by atoms with Crippen LogP contribution in [-0.2, 0) is 4.74 Å². The van der Waals surface area contributed by atoms with Gasteiger partial charge in [-0.05, 0) is 58.6 Å². The minimum absolute atomic E-state index is 0.0648. The fourth-order valence-electron chi connectivity index (χ4n) is 2.69. The predicted molar refractivity (Wildman–Crippen MR) is 92.5 cm³/mol. The maximum absolute atomic E-state index is 12.4. The summed E-state index contributed by atoms with van der Waals surface area (Å²) in [6.45, 7) is 10.7. The molecule has 0 saturated carbocycles. The van der Waals surface area contributed by atoms with Crippen molar-refractivity contribution in [2.75, 3.05) is 11.9 Å². The quantitative estimate of drug-likeness (QED) is 0.895. The molecule has 0 aliphatic carbocycles. The Kier molecular flexibility index (Phi) is 5.50. The molecular weight excluding hydrogens is 290 g/mol. The van der Waals surface area contributed by atoms with Crippen LogP contribution in [0.25, 0.3) is 0 Å². The van der Waals surface area contributed by atoms with Gasteiger partial charge in [-0.25, -0.2) is 9.78 Å². The fourth-order valence-corrected chi connectivity index (χ4v) is 2.69. The SMILES string of the molecule is CCC(C)Nc1ccc(C2CCCN2C(=O)OC(C)(C)C)cn1. The van der Waals surface area contributed by atoms with E-state index in [1.165, 1.54) is 0 Å². The van der Waals surface area contributed by atoms with E-state index in [2.05, 4.69) is 30.2 Å². The van der Waals surface area contributed by atoms with E-state index >= 15 is 0 Å². The summed E-state index contributed by atoms with van der Waals surface area (Å²) in [5.74, 6) is 0.880. The van der Waals surface area contributed by atoms with Crippen molar-refractivity contribution in [3.05, 3.63) is 23.9 Å². The lowest BCUT2D eigenvalue weighted by Crippen LogP contribution is -2.36. The summed E-state index contributed by atoms with van der Waals surface area (Å²) < 4.78 is 5.52. The second kappa shape index (κ2) is 7.20. The maximum atomic E-state index is 12.4. The molecule has 2 heterocycles. The highest BCUT2D eigenvalue weighted by molar-refractivity contribution is 5.69. The number of carbonyl (C=O) groups is 1. The van der Waals surface area contributed by atoms with Gasteiger partial charge in [-0.2, -0.15) is 0 Å². The number of carbonyl (C=O) groups excluding carboxylic acids is 1. The van der Waals surface area contributed by atoms with Crippen LogP contribution in [0, 0.1) is 0 Å². The first-order chi connectivity index (χ1) is 10.8. The van der Waals surface area contributed by atoms with Crippen molar-refractivity contribution in [2.45, 2.75) is 71.6 Å². The Bertz CT molecular complexity index is 522. The van der Waals surface area contributed by atoms with Gasteiger partial charge in [0, 0.05) is 18.8 Å². The minimum Gasteiger partial charge on any atom is -0.444 e. The number of nitrogens with zero attached hydrogens (tertiary/aromatic N) is 2. The third-order valence-corrected chi connectivity index (χ3v) is 4.06. The van der Waals surface area contributed by atoms with Crippen LogP contribution in [0.15, 0.2) is 18.3 Å².